The Morgan fingerprint density at radius 3 is 3.00 bits per heavy atom. The number of nitrogens with zero attached hydrogens (tertiary/aromatic N) is 1. The number of rotatable bonds is 4. The van der Waals surface area contributed by atoms with Crippen molar-refractivity contribution >= 4 is 17.2 Å². The summed E-state index contributed by atoms with van der Waals surface area (Å²) >= 11 is 1.74. The highest BCUT2D eigenvalue weighted by atomic mass is 32.1. The molecule has 1 fully saturated rings. The fourth-order valence-corrected chi connectivity index (χ4v) is 3.39. The molecule has 0 aromatic carbocycles. The molecule has 4 heteroatoms. The van der Waals surface area contributed by atoms with E-state index in [0.29, 0.717) is 6.54 Å². The van der Waals surface area contributed by atoms with Crippen LogP contribution in [0.15, 0.2) is 17.5 Å². The maximum absolute atomic E-state index is 12.7. The van der Waals surface area contributed by atoms with Gasteiger partial charge in [-0.3, -0.25) is 4.79 Å². The van der Waals surface area contributed by atoms with E-state index in [-0.39, 0.29) is 11.9 Å². The first kappa shape index (κ1) is 13.6. The van der Waals surface area contributed by atoms with Gasteiger partial charge in [-0.15, -0.1) is 11.3 Å². The molecule has 2 rings (SSSR count). The second kappa shape index (κ2) is 5.41. The van der Waals surface area contributed by atoms with E-state index < -0.39 is 5.41 Å². The molecular weight excluding hydrogens is 244 g/mol. The molecule has 3 nitrogen and oxygen atoms in total. The molecular formula is C14H22N2OS. The number of carbonyl (C=O) groups is 1. The van der Waals surface area contributed by atoms with Crippen LogP contribution in [0.5, 0.6) is 0 Å². The summed E-state index contributed by atoms with van der Waals surface area (Å²) in [6.45, 7) is 5.33. The zero-order valence-corrected chi connectivity index (χ0v) is 12.0. The minimum absolute atomic E-state index is 0.225. The van der Waals surface area contributed by atoms with Gasteiger partial charge in [0.1, 0.15) is 0 Å². The van der Waals surface area contributed by atoms with Crippen molar-refractivity contribution in [2.24, 2.45) is 11.1 Å². The smallest absolute Gasteiger partial charge is 0.230 e. The minimum atomic E-state index is -0.403. The molecule has 0 aliphatic carbocycles. The van der Waals surface area contributed by atoms with Gasteiger partial charge in [0.2, 0.25) is 5.91 Å². The van der Waals surface area contributed by atoms with Crippen LogP contribution in [0.3, 0.4) is 0 Å². The van der Waals surface area contributed by atoms with Gasteiger partial charge in [0.05, 0.1) is 11.5 Å². The Morgan fingerprint density at radius 1 is 1.67 bits per heavy atom. The van der Waals surface area contributed by atoms with Crippen LogP contribution in [0, 0.1) is 5.41 Å². The van der Waals surface area contributed by atoms with Gasteiger partial charge in [-0.25, -0.2) is 0 Å². The molecule has 0 bridgehead atoms. The number of hydrogen-bond donors (Lipinski definition) is 1. The van der Waals surface area contributed by atoms with E-state index >= 15 is 0 Å². The van der Waals surface area contributed by atoms with E-state index in [9.17, 15) is 4.79 Å². The summed E-state index contributed by atoms with van der Waals surface area (Å²) in [4.78, 5) is 16.0. The summed E-state index contributed by atoms with van der Waals surface area (Å²) in [5.41, 5.74) is 5.40. The summed E-state index contributed by atoms with van der Waals surface area (Å²) < 4.78 is 0. The monoisotopic (exact) mass is 266 g/mol. The number of carbonyl (C=O) groups excluding carboxylic acids is 1. The molecule has 1 amide bonds. The predicted molar refractivity (Wildman–Crippen MR) is 75.5 cm³/mol. The number of hydrogen-bond acceptors (Lipinski definition) is 3. The molecule has 2 unspecified atom stereocenters. The van der Waals surface area contributed by atoms with Crippen LogP contribution >= 0.6 is 11.3 Å². The Kier molecular flexibility index (Phi) is 4.07. The fourth-order valence-electron chi connectivity index (χ4n) is 2.52. The molecule has 0 radical (unpaired) electrons. The van der Waals surface area contributed by atoms with Crippen molar-refractivity contribution in [2.75, 3.05) is 13.1 Å². The van der Waals surface area contributed by atoms with E-state index in [1.807, 2.05) is 18.7 Å². The second-order valence-electron chi connectivity index (χ2n) is 5.29. The number of likely N-dealkylation sites (tertiary alicyclic amines) is 1. The van der Waals surface area contributed by atoms with Gasteiger partial charge in [-0.1, -0.05) is 13.0 Å². The molecule has 0 spiro atoms. The highest BCUT2D eigenvalue weighted by molar-refractivity contribution is 7.10. The molecule has 18 heavy (non-hydrogen) atoms. The van der Waals surface area contributed by atoms with Gasteiger partial charge in [-0.05, 0) is 37.6 Å². The average molecular weight is 266 g/mol. The molecule has 1 aliphatic heterocycles. The van der Waals surface area contributed by atoms with Crippen LogP contribution in [-0.4, -0.2) is 23.9 Å². The zero-order chi connectivity index (χ0) is 13.2. The van der Waals surface area contributed by atoms with Crippen molar-refractivity contribution in [1.29, 1.82) is 0 Å². The third kappa shape index (κ3) is 2.31. The second-order valence-corrected chi connectivity index (χ2v) is 6.27. The molecule has 2 atom stereocenters. The Morgan fingerprint density at radius 2 is 2.44 bits per heavy atom. The molecule has 1 aliphatic rings. The molecule has 2 N–H and O–H groups in total. The summed E-state index contributed by atoms with van der Waals surface area (Å²) in [5, 5.41) is 2.08. The van der Waals surface area contributed by atoms with E-state index in [2.05, 4.69) is 17.5 Å². The van der Waals surface area contributed by atoms with Gasteiger partial charge in [0.25, 0.3) is 0 Å². The lowest BCUT2D eigenvalue weighted by molar-refractivity contribution is -0.141. The van der Waals surface area contributed by atoms with Crippen molar-refractivity contribution in [3.63, 3.8) is 0 Å². The van der Waals surface area contributed by atoms with Crippen LogP contribution in [0.2, 0.25) is 0 Å². The molecule has 1 aromatic heterocycles. The van der Waals surface area contributed by atoms with Crippen molar-refractivity contribution in [3.8, 4) is 0 Å². The lowest BCUT2D eigenvalue weighted by Gasteiger charge is -2.33. The number of thiophene rings is 1. The topological polar surface area (TPSA) is 46.3 Å². The van der Waals surface area contributed by atoms with E-state index in [4.69, 9.17) is 5.73 Å². The highest BCUT2D eigenvalue weighted by Crippen LogP contribution is 2.37. The van der Waals surface area contributed by atoms with Gasteiger partial charge in [0.15, 0.2) is 0 Å². The number of nitrogens with two attached hydrogens (primary N) is 1. The quantitative estimate of drug-likeness (QED) is 0.911. The molecule has 1 saturated heterocycles. The normalized spacial score (nSPS) is 23.1. The zero-order valence-electron chi connectivity index (χ0n) is 11.2. The Bertz CT molecular complexity index is 398. The predicted octanol–water partition coefficient (Wildman–Crippen LogP) is 2.79. The van der Waals surface area contributed by atoms with Gasteiger partial charge >= 0.3 is 0 Å². The number of amides is 1. The van der Waals surface area contributed by atoms with Crippen LogP contribution in [0.25, 0.3) is 0 Å². The minimum Gasteiger partial charge on any atom is -0.334 e. The molecule has 100 valence electrons. The first-order chi connectivity index (χ1) is 8.62. The van der Waals surface area contributed by atoms with Crippen LogP contribution < -0.4 is 5.73 Å². The lowest BCUT2D eigenvalue weighted by Crippen LogP contribution is -2.45. The van der Waals surface area contributed by atoms with Gasteiger partial charge in [-0.2, -0.15) is 0 Å². The summed E-state index contributed by atoms with van der Waals surface area (Å²) in [5.74, 6) is 0.225. The van der Waals surface area contributed by atoms with E-state index in [1.165, 1.54) is 4.88 Å². The third-order valence-corrected chi connectivity index (χ3v) is 5.11. The van der Waals surface area contributed by atoms with Crippen molar-refractivity contribution < 1.29 is 4.79 Å². The average Bonchev–Trinajstić information content (AvgIpc) is 3.06. The Hall–Kier alpha value is -0.870. The van der Waals surface area contributed by atoms with Crippen molar-refractivity contribution in [1.82, 2.24) is 4.90 Å². The Balaban J connectivity index is 2.19. The van der Waals surface area contributed by atoms with Crippen LogP contribution in [0.1, 0.15) is 44.0 Å². The van der Waals surface area contributed by atoms with Crippen molar-refractivity contribution in [2.45, 2.75) is 39.2 Å². The van der Waals surface area contributed by atoms with Crippen LogP contribution in [-0.2, 0) is 4.79 Å². The molecule has 2 heterocycles. The highest BCUT2D eigenvalue weighted by Gasteiger charge is 2.39. The fraction of sp³-hybridized carbons (Fsp3) is 0.643. The van der Waals surface area contributed by atoms with Gasteiger partial charge < -0.3 is 10.6 Å². The maximum Gasteiger partial charge on any atom is 0.230 e. The first-order valence-electron chi connectivity index (χ1n) is 6.67. The first-order valence-corrected chi connectivity index (χ1v) is 7.55. The van der Waals surface area contributed by atoms with E-state index in [1.54, 1.807) is 11.3 Å². The van der Waals surface area contributed by atoms with Gasteiger partial charge in [0, 0.05) is 18.0 Å². The summed E-state index contributed by atoms with van der Waals surface area (Å²) in [6, 6.07) is 4.46. The standard InChI is InChI=1S/C14H22N2OS/c1-3-14(2,10-15)13(17)16-8-4-6-11(16)12-7-5-9-18-12/h5,7,9,11H,3-4,6,8,10,15H2,1-2H3. The molecule has 0 saturated carbocycles. The maximum atomic E-state index is 12.7. The largest absolute Gasteiger partial charge is 0.334 e. The summed E-state index contributed by atoms with van der Waals surface area (Å²) in [6.07, 6.45) is 2.98. The SMILES string of the molecule is CCC(C)(CN)C(=O)N1CCCC1c1cccs1. The summed E-state index contributed by atoms with van der Waals surface area (Å²) in [7, 11) is 0. The van der Waals surface area contributed by atoms with Crippen LogP contribution in [0.4, 0.5) is 0 Å². The van der Waals surface area contributed by atoms with E-state index in [0.717, 1.165) is 25.8 Å². The third-order valence-electron chi connectivity index (χ3n) is 4.13. The molecule has 1 aromatic rings. The lowest BCUT2D eigenvalue weighted by atomic mass is 9.85. The Labute approximate surface area is 113 Å². The van der Waals surface area contributed by atoms with Crippen molar-refractivity contribution in [3.05, 3.63) is 22.4 Å².